The van der Waals surface area contributed by atoms with Crippen LogP contribution in [0.5, 0.6) is 11.5 Å². The van der Waals surface area contributed by atoms with Crippen LogP contribution in [-0.4, -0.2) is 61.0 Å². The molecule has 2 aliphatic heterocycles. The van der Waals surface area contributed by atoms with Gasteiger partial charge in [-0.15, -0.1) is 0 Å². The summed E-state index contributed by atoms with van der Waals surface area (Å²) in [6, 6.07) is 4.35. The van der Waals surface area contributed by atoms with E-state index in [0.29, 0.717) is 0 Å². The van der Waals surface area contributed by atoms with Crippen molar-refractivity contribution in [3.63, 3.8) is 0 Å². The summed E-state index contributed by atoms with van der Waals surface area (Å²) in [4.78, 5) is 14.8. The Morgan fingerprint density at radius 1 is 1.24 bits per heavy atom. The Morgan fingerprint density at radius 3 is 2.79 bits per heavy atom. The Hall–Kier alpha value is -2.05. The lowest BCUT2D eigenvalue weighted by Crippen LogP contribution is -2.78. The number of piperidine rings is 1. The number of ether oxygens (including phenoxy) is 3. The highest BCUT2D eigenvalue weighted by Gasteiger charge is 2.77. The Bertz CT molecular complexity index is 1080. The normalized spacial score (nSPS) is 41.4. The van der Waals surface area contributed by atoms with E-state index in [4.69, 9.17) is 14.2 Å². The first-order valence-corrected chi connectivity index (χ1v) is 12.6. The van der Waals surface area contributed by atoms with Crippen molar-refractivity contribution in [2.75, 3.05) is 27.3 Å². The lowest BCUT2D eigenvalue weighted by molar-refractivity contribution is -0.218. The van der Waals surface area contributed by atoms with Crippen LogP contribution in [-0.2, 0) is 21.4 Å². The van der Waals surface area contributed by atoms with E-state index in [1.54, 1.807) is 13.2 Å². The monoisotopic (exact) mass is 451 g/mol. The highest BCUT2D eigenvalue weighted by molar-refractivity contribution is 5.83. The number of carbonyl (C=O) groups excluding carboxylic acids is 1. The minimum absolute atomic E-state index is 0.121. The van der Waals surface area contributed by atoms with Gasteiger partial charge in [-0.2, -0.15) is 0 Å². The lowest BCUT2D eigenvalue weighted by atomic mass is 9.40. The molecule has 4 aliphatic carbocycles. The fourth-order valence-corrected chi connectivity index (χ4v) is 8.35. The van der Waals surface area contributed by atoms with Crippen molar-refractivity contribution >= 4 is 5.97 Å². The van der Waals surface area contributed by atoms with Crippen LogP contribution in [0.1, 0.15) is 56.1 Å². The van der Waals surface area contributed by atoms with E-state index >= 15 is 0 Å². The van der Waals surface area contributed by atoms with Crippen LogP contribution in [0.25, 0.3) is 0 Å². The van der Waals surface area contributed by atoms with Crippen LogP contribution in [0, 0.1) is 11.3 Å². The summed E-state index contributed by atoms with van der Waals surface area (Å²) in [5.41, 5.74) is 2.13. The molecule has 4 fully saturated rings. The molecule has 3 saturated carbocycles. The van der Waals surface area contributed by atoms with Gasteiger partial charge in [0.15, 0.2) is 11.5 Å². The van der Waals surface area contributed by atoms with Crippen LogP contribution >= 0.6 is 0 Å². The molecular weight excluding hydrogens is 418 g/mol. The summed E-state index contributed by atoms with van der Waals surface area (Å²) < 4.78 is 17.6. The van der Waals surface area contributed by atoms with Crippen LogP contribution in [0.15, 0.2) is 23.8 Å². The molecule has 6 aliphatic rings. The fourth-order valence-electron chi connectivity index (χ4n) is 8.35. The van der Waals surface area contributed by atoms with E-state index < -0.39 is 11.0 Å². The third kappa shape index (κ3) is 2.34. The van der Waals surface area contributed by atoms with Gasteiger partial charge in [0, 0.05) is 29.6 Å². The average Bonchev–Trinajstić information content (AvgIpc) is 3.55. The predicted octanol–water partition coefficient (Wildman–Crippen LogP) is 3.14. The van der Waals surface area contributed by atoms with E-state index in [9.17, 15) is 9.90 Å². The van der Waals surface area contributed by atoms with Crippen molar-refractivity contribution < 1.29 is 24.1 Å². The molecule has 0 radical (unpaired) electrons. The van der Waals surface area contributed by atoms with Crippen molar-refractivity contribution in [3.8, 4) is 11.5 Å². The molecule has 2 spiro atoms. The molecule has 1 aromatic rings. The summed E-state index contributed by atoms with van der Waals surface area (Å²) >= 11 is 0. The standard InChI is InChI=1S/C27H33NO5/c1-31-19-6-5-17-13-20-27(30)10-9-25(8-7-18(25)14-21(29)32-2)24-26(27,22(17)23(19)33-24)11-12-28(20)15-16-3-4-16/h5-6,14,16,20,24,30H,3-4,7-13,15H2,1-2H3/b18-14+/t20-,24-,25-,26-,27+/m0/s1. The molecule has 176 valence electrons. The number of benzene rings is 1. The molecule has 1 saturated heterocycles. The van der Waals surface area contributed by atoms with Gasteiger partial charge in [0.05, 0.1) is 25.2 Å². The Morgan fingerprint density at radius 2 is 2.09 bits per heavy atom. The maximum Gasteiger partial charge on any atom is 0.330 e. The molecule has 1 N–H and O–H groups in total. The zero-order chi connectivity index (χ0) is 22.6. The van der Waals surface area contributed by atoms with Gasteiger partial charge in [-0.3, -0.25) is 4.90 Å². The second kappa shape index (κ2) is 6.54. The van der Waals surface area contributed by atoms with Crippen LogP contribution in [0.4, 0.5) is 0 Å². The van der Waals surface area contributed by atoms with Crippen molar-refractivity contribution in [3.05, 3.63) is 34.9 Å². The molecule has 1 aromatic carbocycles. The van der Waals surface area contributed by atoms with Crippen molar-refractivity contribution in [1.29, 1.82) is 0 Å². The summed E-state index contributed by atoms with van der Waals surface area (Å²) in [6.07, 6.45) is 9.38. The SMILES string of the molecule is COC(=O)/C=C1\CC[C@]12CC[C@@]1(O)[C@@H]3Cc4ccc(OC)c5c4[C@@]1(CCN3CC1CC1)[C@H]2O5. The number of rotatable bonds is 4. The zero-order valence-electron chi connectivity index (χ0n) is 19.6. The summed E-state index contributed by atoms with van der Waals surface area (Å²) in [7, 11) is 3.13. The first-order chi connectivity index (χ1) is 16.0. The Labute approximate surface area is 194 Å². The minimum atomic E-state index is -0.827. The van der Waals surface area contributed by atoms with Crippen LogP contribution in [0.2, 0.25) is 0 Å². The highest BCUT2D eigenvalue weighted by atomic mass is 16.5. The van der Waals surface area contributed by atoms with Crippen molar-refractivity contribution in [1.82, 2.24) is 4.90 Å². The topological polar surface area (TPSA) is 68.2 Å². The predicted molar refractivity (Wildman–Crippen MR) is 121 cm³/mol. The number of esters is 1. The summed E-state index contributed by atoms with van der Waals surface area (Å²) in [6.45, 7) is 2.09. The van der Waals surface area contributed by atoms with Gasteiger partial charge in [0.2, 0.25) is 0 Å². The molecule has 33 heavy (non-hydrogen) atoms. The van der Waals surface area contributed by atoms with Gasteiger partial charge in [-0.25, -0.2) is 4.79 Å². The van der Waals surface area contributed by atoms with E-state index in [1.165, 1.54) is 31.1 Å². The lowest BCUT2D eigenvalue weighted by Gasteiger charge is -2.68. The van der Waals surface area contributed by atoms with E-state index in [0.717, 1.165) is 74.6 Å². The fraction of sp³-hybridized carbons (Fsp3) is 0.667. The minimum Gasteiger partial charge on any atom is -0.493 e. The molecule has 0 unspecified atom stereocenters. The number of carbonyl (C=O) groups is 1. The van der Waals surface area contributed by atoms with E-state index in [-0.39, 0.29) is 23.5 Å². The van der Waals surface area contributed by atoms with Gasteiger partial charge < -0.3 is 19.3 Å². The van der Waals surface area contributed by atoms with E-state index in [1.807, 2.05) is 6.07 Å². The van der Waals surface area contributed by atoms with E-state index in [2.05, 4.69) is 11.0 Å². The first-order valence-electron chi connectivity index (χ1n) is 12.6. The molecule has 5 atom stereocenters. The maximum atomic E-state index is 12.7. The summed E-state index contributed by atoms with van der Waals surface area (Å²) in [5.74, 6) is 2.09. The number of methoxy groups -OCH3 is 2. The molecule has 6 heteroatoms. The third-order valence-electron chi connectivity index (χ3n) is 10.1. The molecule has 2 heterocycles. The van der Waals surface area contributed by atoms with Gasteiger partial charge in [-0.1, -0.05) is 11.6 Å². The molecular formula is C27H33NO5. The molecule has 2 bridgehead atoms. The first kappa shape index (κ1) is 20.3. The largest absolute Gasteiger partial charge is 0.493 e. The van der Waals surface area contributed by atoms with Gasteiger partial charge in [0.1, 0.15) is 6.10 Å². The third-order valence-corrected chi connectivity index (χ3v) is 10.1. The zero-order valence-corrected chi connectivity index (χ0v) is 19.6. The number of likely N-dealkylation sites (tertiary alicyclic amines) is 1. The number of nitrogens with zero attached hydrogens (tertiary/aromatic N) is 1. The Kier molecular flexibility index (Phi) is 4.03. The second-order valence-electron chi connectivity index (χ2n) is 11.3. The second-order valence-corrected chi connectivity index (χ2v) is 11.3. The highest BCUT2D eigenvalue weighted by Crippen LogP contribution is 2.72. The van der Waals surface area contributed by atoms with Crippen molar-refractivity contribution in [2.24, 2.45) is 11.3 Å². The quantitative estimate of drug-likeness (QED) is 0.560. The van der Waals surface area contributed by atoms with Crippen LogP contribution < -0.4 is 9.47 Å². The molecule has 0 aromatic heterocycles. The number of fused-ring (bicyclic) bond motifs is 1. The van der Waals surface area contributed by atoms with Gasteiger partial charge in [0.25, 0.3) is 0 Å². The smallest absolute Gasteiger partial charge is 0.330 e. The average molecular weight is 452 g/mol. The molecule has 6 nitrogen and oxygen atoms in total. The Balaban J connectivity index is 1.41. The molecule has 0 amide bonds. The number of aliphatic hydroxyl groups is 1. The summed E-state index contributed by atoms with van der Waals surface area (Å²) in [5, 5.41) is 12.7. The van der Waals surface area contributed by atoms with Gasteiger partial charge in [-0.05, 0) is 75.5 Å². The number of hydrogen-bond donors (Lipinski definition) is 1. The van der Waals surface area contributed by atoms with Gasteiger partial charge >= 0.3 is 5.97 Å². The molecule has 7 rings (SSSR count). The van der Waals surface area contributed by atoms with Crippen LogP contribution in [0.3, 0.4) is 0 Å². The number of hydrogen-bond acceptors (Lipinski definition) is 6. The maximum absolute atomic E-state index is 12.7. The van der Waals surface area contributed by atoms with Crippen molar-refractivity contribution in [2.45, 2.75) is 74.5 Å².